The lowest BCUT2D eigenvalue weighted by atomic mass is 10.1. The van der Waals surface area contributed by atoms with E-state index in [0.29, 0.717) is 23.6 Å². The van der Waals surface area contributed by atoms with Gasteiger partial charge in [0.2, 0.25) is 0 Å². The minimum atomic E-state index is -0.0679. The Balaban J connectivity index is 2.14. The van der Waals surface area contributed by atoms with E-state index in [2.05, 4.69) is 4.98 Å². The molecule has 0 fully saturated rings. The molecule has 0 bridgehead atoms. The number of nitrogens with zero attached hydrogens (tertiary/aromatic N) is 2. The number of hydrogen-bond acceptors (Lipinski definition) is 4. The topological polar surface area (TPSA) is 51.7 Å². The second-order valence-corrected chi connectivity index (χ2v) is 5.31. The Bertz CT molecular complexity index is 671. The quantitative estimate of drug-likeness (QED) is 0.822. The Morgan fingerprint density at radius 3 is 2.43 bits per heavy atom. The highest BCUT2D eigenvalue weighted by Gasteiger charge is 2.20. The monoisotopic (exact) mass is 314 g/mol. The number of methoxy groups -OCH3 is 2. The molecule has 5 heteroatoms. The van der Waals surface area contributed by atoms with Gasteiger partial charge in [-0.3, -0.25) is 9.78 Å². The fourth-order valence-electron chi connectivity index (χ4n) is 2.48. The van der Waals surface area contributed by atoms with Gasteiger partial charge in [-0.1, -0.05) is 0 Å². The van der Waals surface area contributed by atoms with Crippen LogP contribution in [-0.4, -0.2) is 43.6 Å². The van der Waals surface area contributed by atoms with Crippen LogP contribution >= 0.6 is 0 Å². The lowest BCUT2D eigenvalue weighted by Gasteiger charge is -2.20. The molecule has 0 atom stereocenters. The molecule has 1 amide bonds. The Morgan fingerprint density at radius 2 is 1.83 bits per heavy atom. The van der Waals surface area contributed by atoms with Gasteiger partial charge in [0, 0.05) is 31.5 Å². The molecule has 1 aromatic carbocycles. The van der Waals surface area contributed by atoms with Gasteiger partial charge in [0.25, 0.3) is 5.91 Å². The van der Waals surface area contributed by atoms with Crippen LogP contribution in [0.5, 0.6) is 11.5 Å². The van der Waals surface area contributed by atoms with E-state index in [4.69, 9.17) is 9.47 Å². The van der Waals surface area contributed by atoms with Crippen LogP contribution in [0.4, 0.5) is 0 Å². The summed E-state index contributed by atoms with van der Waals surface area (Å²) in [5.41, 5.74) is 2.52. The number of rotatable bonds is 6. The minimum Gasteiger partial charge on any atom is -0.496 e. The molecular formula is C18H22N2O3. The van der Waals surface area contributed by atoms with E-state index < -0.39 is 0 Å². The smallest absolute Gasteiger partial charge is 0.257 e. The first-order valence-corrected chi connectivity index (χ1v) is 7.44. The van der Waals surface area contributed by atoms with Gasteiger partial charge < -0.3 is 14.4 Å². The summed E-state index contributed by atoms with van der Waals surface area (Å²) in [5, 5.41) is 0. The number of hydrogen-bond donors (Lipinski definition) is 0. The first-order chi connectivity index (χ1) is 11.1. The van der Waals surface area contributed by atoms with Crippen molar-refractivity contribution in [3.63, 3.8) is 0 Å². The number of aromatic nitrogens is 1. The van der Waals surface area contributed by atoms with Gasteiger partial charge in [-0.15, -0.1) is 0 Å². The molecule has 0 radical (unpaired) electrons. The highest BCUT2D eigenvalue weighted by Crippen LogP contribution is 2.31. The van der Waals surface area contributed by atoms with Crippen LogP contribution in [-0.2, 0) is 6.42 Å². The van der Waals surface area contributed by atoms with Crippen molar-refractivity contribution >= 4 is 5.91 Å². The second kappa shape index (κ2) is 7.63. The van der Waals surface area contributed by atoms with Crippen LogP contribution in [0.1, 0.15) is 21.5 Å². The summed E-state index contributed by atoms with van der Waals surface area (Å²) in [5.74, 6) is 1.20. The van der Waals surface area contributed by atoms with Crippen molar-refractivity contribution < 1.29 is 14.3 Å². The van der Waals surface area contributed by atoms with Crippen LogP contribution < -0.4 is 9.47 Å². The third-order valence-electron chi connectivity index (χ3n) is 3.84. The number of carbonyl (C=O) groups is 1. The molecular weight excluding hydrogens is 292 g/mol. The molecule has 0 spiro atoms. The van der Waals surface area contributed by atoms with Crippen LogP contribution in [0, 0.1) is 6.92 Å². The lowest BCUT2D eigenvalue weighted by Crippen LogP contribution is -2.29. The van der Waals surface area contributed by atoms with Gasteiger partial charge in [0.1, 0.15) is 11.5 Å². The molecule has 122 valence electrons. The summed E-state index contributed by atoms with van der Waals surface area (Å²) < 4.78 is 10.7. The Hall–Kier alpha value is -2.56. The molecule has 2 aromatic rings. The second-order valence-electron chi connectivity index (χ2n) is 5.31. The van der Waals surface area contributed by atoms with Crippen LogP contribution in [0.25, 0.3) is 0 Å². The van der Waals surface area contributed by atoms with Crippen molar-refractivity contribution in [1.29, 1.82) is 0 Å². The molecule has 2 rings (SSSR count). The molecule has 23 heavy (non-hydrogen) atoms. The number of carbonyl (C=O) groups excluding carboxylic acids is 1. The van der Waals surface area contributed by atoms with Gasteiger partial charge in [-0.2, -0.15) is 0 Å². The van der Waals surface area contributed by atoms with Gasteiger partial charge >= 0.3 is 0 Å². The molecule has 0 aliphatic rings. The summed E-state index contributed by atoms with van der Waals surface area (Å²) in [6.07, 6.45) is 4.29. The SMILES string of the molecule is COc1ccc(C(=O)N(C)CCc2ccncc2)c(OC)c1C. The van der Waals surface area contributed by atoms with E-state index in [9.17, 15) is 4.79 Å². The predicted molar refractivity (Wildman–Crippen MR) is 89.2 cm³/mol. The number of ether oxygens (including phenoxy) is 2. The fraction of sp³-hybridized carbons (Fsp3) is 0.333. The summed E-state index contributed by atoms with van der Waals surface area (Å²) >= 11 is 0. The maximum Gasteiger partial charge on any atom is 0.257 e. The Kier molecular flexibility index (Phi) is 5.57. The largest absolute Gasteiger partial charge is 0.496 e. The highest BCUT2D eigenvalue weighted by atomic mass is 16.5. The van der Waals surface area contributed by atoms with Crippen molar-refractivity contribution in [2.75, 3.05) is 27.8 Å². The number of benzene rings is 1. The zero-order valence-electron chi connectivity index (χ0n) is 14.0. The van der Waals surface area contributed by atoms with E-state index >= 15 is 0 Å². The number of pyridine rings is 1. The number of amides is 1. The average Bonchev–Trinajstić information content (AvgIpc) is 2.59. The normalized spacial score (nSPS) is 10.3. The predicted octanol–water partition coefficient (Wildman–Crippen LogP) is 2.72. The first kappa shape index (κ1) is 16.8. The van der Waals surface area contributed by atoms with Crippen LogP contribution in [0.3, 0.4) is 0 Å². The molecule has 0 saturated heterocycles. The zero-order valence-corrected chi connectivity index (χ0v) is 14.0. The highest BCUT2D eigenvalue weighted by molar-refractivity contribution is 5.97. The number of likely N-dealkylation sites (N-methyl/N-ethyl adjacent to an activating group) is 1. The van der Waals surface area contributed by atoms with Crippen molar-refractivity contribution in [3.05, 3.63) is 53.3 Å². The van der Waals surface area contributed by atoms with E-state index in [-0.39, 0.29) is 5.91 Å². The summed E-state index contributed by atoms with van der Waals surface area (Å²) in [6, 6.07) is 7.45. The maximum absolute atomic E-state index is 12.7. The standard InChI is InChI=1S/C18H22N2O3/c1-13-16(22-3)6-5-15(17(13)23-4)18(21)20(2)12-9-14-7-10-19-11-8-14/h5-8,10-11H,9,12H2,1-4H3. The molecule has 0 unspecified atom stereocenters. The molecule has 0 saturated carbocycles. The van der Waals surface area contributed by atoms with Crippen molar-refractivity contribution in [2.45, 2.75) is 13.3 Å². The minimum absolute atomic E-state index is 0.0679. The van der Waals surface area contributed by atoms with Gasteiger partial charge in [0.05, 0.1) is 19.8 Å². The first-order valence-electron chi connectivity index (χ1n) is 7.44. The average molecular weight is 314 g/mol. The van der Waals surface area contributed by atoms with Crippen LogP contribution in [0.2, 0.25) is 0 Å². The Labute approximate surface area is 136 Å². The summed E-state index contributed by atoms with van der Waals surface area (Å²) in [4.78, 5) is 18.4. The molecule has 5 nitrogen and oxygen atoms in total. The van der Waals surface area contributed by atoms with Crippen molar-refractivity contribution in [1.82, 2.24) is 9.88 Å². The van der Waals surface area contributed by atoms with E-state index in [1.54, 1.807) is 50.7 Å². The molecule has 1 aromatic heterocycles. The third-order valence-corrected chi connectivity index (χ3v) is 3.84. The molecule has 0 N–H and O–H groups in total. The van der Waals surface area contributed by atoms with Gasteiger partial charge in [-0.25, -0.2) is 0 Å². The lowest BCUT2D eigenvalue weighted by molar-refractivity contribution is 0.0793. The summed E-state index contributed by atoms with van der Waals surface area (Å²) in [6.45, 7) is 2.50. The summed E-state index contributed by atoms with van der Waals surface area (Å²) in [7, 11) is 4.96. The van der Waals surface area contributed by atoms with Crippen molar-refractivity contribution in [2.24, 2.45) is 0 Å². The van der Waals surface area contributed by atoms with Crippen molar-refractivity contribution in [3.8, 4) is 11.5 Å². The molecule has 0 aliphatic carbocycles. The van der Waals surface area contributed by atoms with Crippen LogP contribution in [0.15, 0.2) is 36.7 Å². The van der Waals surface area contributed by atoms with E-state index in [0.717, 1.165) is 17.5 Å². The zero-order chi connectivity index (χ0) is 16.8. The maximum atomic E-state index is 12.7. The van der Waals surface area contributed by atoms with Gasteiger partial charge in [0.15, 0.2) is 0 Å². The fourth-order valence-corrected chi connectivity index (χ4v) is 2.48. The van der Waals surface area contributed by atoms with E-state index in [1.165, 1.54) is 0 Å². The van der Waals surface area contributed by atoms with Gasteiger partial charge in [-0.05, 0) is 43.2 Å². The third kappa shape index (κ3) is 3.80. The Morgan fingerprint density at radius 1 is 1.13 bits per heavy atom. The van der Waals surface area contributed by atoms with E-state index in [1.807, 2.05) is 19.1 Å². The molecule has 1 heterocycles. The molecule has 0 aliphatic heterocycles.